The Hall–Kier alpha value is -2.67. The van der Waals surface area contributed by atoms with E-state index in [1.165, 1.54) is 0 Å². The van der Waals surface area contributed by atoms with E-state index in [-0.39, 0.29) is 12.0 Å². The minimum absolute atomic E-state index is 0.0295. The third kappa shape index (κ3) is 4.58. The van der Waals surface area contributed by atoms with Gasteiger partial charge in [-0.15, -0.1) is 4.72 Å². The fraction of sp³-hybridized carbons (Fsp3) is 0.308. The predicted octanol–water partition coefficient (Wildman–Crippen LogP) is 6.18. The second-order valence-corrected chi connectivity index (χ2v) is 10.9. The van der Waals surface area contributed by atoms with Crippen molar-refractivity contribution in [1.82, 2.24) is 14.9 Å². The lowest BCUT2D eigenvalue weighted by molar-refractivity contribution is 0.456. The van der Waals surface area contributed by atoms with Crippen LogP contribution in [0.4, 0.5) is 0 Å². The van der Waals surface area contributed by atoms with Gasteiger partial charge in [0.05, 0.1) is 6.04 Å². The number of benzene rings is 2. The molecule has 4 rings (SSSR count). The Morgan fingerprint density at radius 3 is 2.44 bits per heavy atom. The molecule has 4 aromatic rings. The van der Waals surface area contributed by atoms with Crippen molar-refractivity contribution in [3.8, 4) is 11.3 Å². The Balaban J connectivity index is 1.87. The third-order valence-corrected chi connectivity index (χ3v) is 7.21. The fourth-order valence-corrected chi connectivity index (χ4v) is 4.80. The molecule has 0 fully saturated rings. The van der Waals surface area contributed by atoms with Crippen LogP contribution >= 0.6 is 0 Å². The van der Waals surface area contributed by atoms with E-state index in [0.29, 0.717) is 0 Å². The molecule has 0 aliphatic carbocycles. The molecular formula is C26H29N3O2S. The molecule has 5 nitrogen and oxygen atoms in total. The number of hydrogen-bond donors (Lipinski definition) is 1. The second kappa shape index (κ2) is 9.45. The molecule has 1 unspecified atom stereocenters. The van der Waals surface area contributed by atoms with Crippen LogP contribution in [0.2, 0.25) is 0 Å². The Morgan fingerprint density at radius 2 is 1.72 bits per heavy atom. The Kier molecular flexibility index (Phi) is 6.65. The van der Waals surface area contributed by atoms with Crippen LogP contribution in [0.25, 0.3) is 22.2 Å². The van der Waals surface area contributed by atoms with Gasteiger partial charge in [-0.25, -0.2) is 0 Å². The standard InChI is InChI=1S/C26H29N3O2S/c1-5-18(22-15-10-11-17-27-22)25(29-32(30)26(2,3)4)20-13-7-6-12-19(20)24-21-14-8-9-16-23(21)31-28-24/h6-18,25,29H,5H2,1-4H3/t18-,25+,32?/m1/s1. The number of nitrogens with one attached hydrogen (secondary N) is 1. The lowest BCUT2D eigenvalue weighted by Gasteiger charge is -2.32. The summed E-state index contributed by atoms with van der Waals surface area (Å²) < 4.78 is 21.9. The van der Waals surface area contributed by atoms with E-state index < -0.39 is 16.1 Å². The monoisotopic (exact) mass is 447 g/mol. The van der Waals surface area contributed by atoms with Gasteiger partial charge in [-0.1, -0.05) is 54.5 Å². The number of rotatable bonds is 7. The van der Waals surface area contributed by atoms with Crippen molar-refractivity contribution in [2.24, 2.45) is 0 Å². The molecule has 32 heavy (non-hydrogen) atoms. The predicted molar refractivity (Wildman–Crippen MR) is 130 cm³/mol. The molecular weight excluding hydrogens is 418 g/mol. The van der Waals surface area contributed by atoms with Crippen LogP contribution in [0.3, 0.4) is 0 Å². The van der Waals surface area contributed by atoms with Crippen molar-refractivity contribution >= 4 is 22.3 Å². The first-order valence-electron chi connectivity index (χ1n) is 10.9. The molecule has 2 heterocycles. The van der Waals surface area contributed by atoms with Gasteiger partial charge < -0.3 is 9.08 Å². The van der Waals surface area contributed by atoms with Crippen LogP contribution in [0.1, 0.15) is 57.3 Å². The first kappa shape index (κ1) is 22.5. The molecule has 2 aromatic heterocycles. The molecule has 0 radical (unpaired) electrons. The zero-order chi connectivity index (χ0) is 22.7. The molecule has 0 saturated carbocycles. The second-order valence-electron chi connectivity index (χ2n) is 8.86. The highest BCUT2D eigenvalue weighted by molar-refractivity contribution is 7.90. The smallest absolute Gasteiger partial charge is 0.167 e. The quantitative estimate of drug-likeness (QED) is 0.343. The van der Waals surface area contributed by atoms with Crippen LogP contribution in [-0.4, -0.2) is 19.4 Å². The summed E-state index contributed by atoms with van der Waals surface area (Å²) in [5, 5.41) is 5.36. The van der Waals surface area contributed by atoms with Gasteiger partial charge in [0.25, 0.3) is 0 Å². The molecule has 0 saturated heterocycles. The SMILES string of the molecule is CC[C@H](c1ccccn1)[C@H](N[S+]([O-])C(C)(C)C)c1ccccc1-c1noc2ccccc12. The molecule has 0 bridgehead atoms. The van der Waals surface area contributed by atoms with Crippen molar-refractivity contribution in [3.05, 3.63) is 84.2 Å². The highest BCUT2D eigenvalue weighted by atomic mass is 32.2. The maximum absolute atomic E-state index is 13.3. The molecule has 0 aliphatic heterocycles. The summed E-state index contributed by atoms with van der Waals surface area (Å²) in [4.78, 5) is 4.64. The van der Waals surface area contributed by atoms with Crippen molar-refractivity contribution in [3.63, 3.8) is 0 Å². The number of fused-ring (bicyclic) bond motifs is 1. The van der Waals surface area contributed by atoms with Gasteiger partial charge in [0.15, 0.2) is 5.58 Å². The van der Waals surface area contributed by atoms with Gasteiger partial charge >= 0.3 is 0 Å². The highest BCUT2D eigenvalue weighted by Gasteiger charge is 2.35. The number of pyridine rings is 1. The molecule has 166 valence electrons. The molecule has 0 spiro atoms. The Morgan fingerprint density at radius 1 is 1.00 bits per heavy atom. The summed E-state index contributed by atoms with van der Waals surface area (Å²) in [6.45, 7) is 8.08. The van der Waals surface area contributed by atoms with E-state index in [0.717, 1.165) is 39.9 Å². The van der Waals surface area contributed by atoms with E-state index in [4.69, 9.17) is 4.52 Å². The first-order valence-corrected chi connectivity index (χ1v) is 12.1. The van der Waals surface area contributed by atoms with Crippen molar-refractivity contribution in [1.29, 1.82) is 0 Å². The maximum atomic E-state index is 13.3. The first-order chi connectivity index (χ1) is 15.4. The summed E-state index contributed by atoms with van der Waals surface area (Å²) in [6, 6.07) is 21.8. The number of hydrogen-bond acceptors (Lipinski definition) is 5. The molecule has 0 amide bonds. The number of aromatic nitrogens is 2. The molecule has 1 N–H and O–H groups in total. The topological polar surface area (TPSA) is 74.0 Å². The minimum Gasteiger partial charge on any atom is -0.598 e. The maximum Gasteiger partial charge on any atom is 0.167 e. The van der Waals surface area contributed by atoms with Crippen molar-refractivity contribution in [2.75, 3.05) is 0 Å². The van der Waals surface area contributed by atoms with Crippen LogP contribution in [0.15, 0.2) is 77.4 Å². The largest absolute Gasteiger partial charge is 0.598 e. The van der Waals surface area contributed by atoms with E-state index in [2.05, 4.69) is 33.9 Å². The van der Waals surface area contributed by atoms with Crippen molar-refractivity contribution < 1.29 is 9.08 Å². The van der Waals surface area contributed by atoms with Crippen LogP contribution in [0.5, 0.6) is 0 Å². The zero-order valence-corrected chi connectivity index (χ0v) is 19.7. The summed E-state index contributed by atoms with van der Waals surface area (Å²) in [6.07, 6.45) is 2.65. The lowest BCUT2D eigenvalue weighted by atomic mass is 9.85. The van der Waals surface area contributed by atoms with Gasteiger partial charge in [-0.3, -0.25) is 4.98 Å². The van der Waals surface area contributed by atoms with Gasteiger partial charge in [0.2, 0.25) is 0 Å². The molecule has 2 aromatic carbocycles. The Labute approximate surface area is 192 Å². The molecule has 3 atom stereocenters. The Bertz CT molecular complexity index is 1170. The summed E-state index contributed by atoms with van der Waals surface area (Å²) in [5.74, 6) is 0.0295. The molecule has 0 aliphatic rings. The van der Waals surface area contributed by atoms with Gasteiger partial charge in [0.1, 0.15) is 10.4 Å². The summed E-state index contributed by atoms with van der Waals surface area (Å²) >= 11 is -1.27. The average molecular weight is 448 g/mol. The van der Waals surface area contributed by atoms with E-state index >= 15 is 0 Å². The average Bonchev–Trinajstić information content (AvgIpc) is 3.23. The fourth-order valence-electron chi connectivity index (χ4n) is 3.93. The highest BCUT2D eigenvalue weighted by Crippen LogP contribution is 2.40. The van der Waals surface area contributed by atoms with Crippen LogP contribution < -0.4 is 4.72 Å². The van der Waals surface area contributed by atoms with E-state index in [1.54, 1.807) is 0 Å². The van der Waals surface area contributed by atoms with E-state index in [9.17, 15) is 4.55 Å². The number of nitrogens with zero attached hydrogens (tertiary/aromatic N) is 2. The van der Waals surface area contributed by atoms with Gasteiger partial charge in [-0.05, 0) is 57.0 Å². The zero-order valence-electron chi connectivity index (χ0n) is 18.9. The van der Waals surface area contributed by atoms with Crippen LogP contribution in [-0.2, 0) is 11.4 Å². The van der Waals surface area contributed by atoms with Gasteiger partial charge in [0, 0.05) is 40.1 Å². The number of para-hydroxylation sites is 1. The summed E-state index contributed by atoms with van der Waals surface area (Å²) in [7, 11) is 0. The minimum atomic E-state index is -1.27. The van der Waals surface area contributed by atoms with E-state index in [1.807, 2.05) is 81.6 Å². The third-order valence-electron chi connectivity index (χ3n) is 5.63. The lowest BCUT2D eigenvalue weighted by Crippen LogP contribution is -2.43. The molecule has 6 heteroatoms. The van der Waals surface area contributed by atoms with Crippen LogP contribution in [0, 0.1) is 0 Å². The van der Waals surface area contributed by atoms with Gasteiger partial charge in [-0.2, -0.15) is 0 Å². The normalized spacial score (nSPS) is 14.9. The van der Waals surface area contributed by atoms with Crippen molar-refractivity contribution in [2.45, 2.75) is 50.8 Å². The summed E-state index contributed by atoms with van der Waals surface area (Å²) in [5.41, 5.74) is 4.51.